The van der Waals surface area contributed by atoms with Gasteiger partial charge in [-0.15, -0.1) is 0 Å². The molecule has 6 aromatic carbocycles. The van der Waals surface area contributed by atoms with E-state index in [1.165, 1.54) is 60.9 Å². The van der Waals surface area contributed by atoms with Crippen LogP contribution in [0, 0.1) is 0 Å². The van der Waals surface area contributed by atoms with Gasteiger partial charge >= 0.3 is 0 Å². The molecule has 558 valence electrons. The van der Waals surface area contributed by atoms with Crippen LogP contribution in [0.3, 0.4) is 0 Å². The van der Waals surface area contributed by atoms with Gasteiger partial charge in [0.2, 0.25) is 35.6 Å². The highest BCUT2D eigenvalue weighted by Crippen LogP contribution is 2.50. The highest BCUT2D eigenvalue weighted by Gasteiger charge is 2.38. The van der Waals surface area contributed by atoms with E-state index in [9.17, 15) is 14.4 Å². The Morgan fingerprint density at radius 3 is 1.29 bits per heavy atom. The van der Waals surface area contributed by atoms with E-state index in [1.807, 2.05) is 63.2 Å². The molecule has 2 aliphatic heterocycles. The van der Waals surface area contributed by atoms with Crippen LogP contribution < -0.4 is 60.3 Å². The molecule has 1 saturated carbocycles. The van der Waals surface area contributed by atoms with E-state index in [1.54, 1.807) is 42.9 Å². The molecule has 3 fully saturated rings. The Labute approximate surface area is 648 Å². The quantitative estimate of drug-likeness (QED) is 0.0365. The Hall–Kier alpha value is -8.88. The third-order valence-corrected chi connectivity index (χ3v) is 20.7. The number of hydrogen-bond donors (Lipinski definition) is 6. The lowest BCUT2D eigenvalue weighted by atomic mass is 9.90. The molecule has 12 rings (SSSR count). The van der Waals surface area contributed by atoms with Gasteiger partial charge in [0.15, 0.2) is 0 Å². The van der Waals surface area contributed by atoms with Crippen LogP contribution in [0.2, 0.25) is 35.2 Å². The molecular formula is C76H79Cl7N12O11. The average Bonchev–Trinajstić information content (AvgIpc) is 0.781. The molecule has 0 spiro atoms. The van der Waals surface area contributed by atoms with Gasteiger partial charge in [-0.3, -0.25) is 14.4 Å². The van der Waals surface area contributed by atoms with E-state index in [0.717, 1.165) is 58.6 Å². The number of anilines is 3. The van der Waals surface area contributed by atoms with Crippen LogP contribution in [0.1, 0.15) is 59.3 Å². The van der Waals surface area contributed by atoms with Gasteiger partial charge in [-0.05, 0) is 118 Å². The minimum absolute atomic E-state index is 0.00464. The zero-order valence-corrected chi connectivity index (χ0v) is 64.7. The van der Waals surface area contributed by atoms with Crippen LogP contribution >= 0.6 is 81.2 Å². The van der Waals surface area contributed by atoms with E-state index < -0.39 is 0 Å². The number of rotatable bonds is 21. The number of carbonyl (C=O) groups is 3. The summed E-state index contributed by atoms with van der Waals surface area (Å²) in [4.78, 5) is 63.1. The number of ether oxygens (including phenoxy) is 8. The maximum atomic E-state index is 12.0. The van der Waals surface area contributed by atoms with Crippen molar-refractivity contribution in [3.63, 3.8) is 0 Å². The first-order valence-corrected chi connectivity index (χ1v) is 36.1. The fourth-order valence-electron chi connectivity index (χ4n) is 12.7. The molecule has 106 heavy (non-hydrogen) atoms. The number of aromatic nitrogens is 6. The summed E-state index contributed by atoms with van der Waals surface area (Å²) in [6.07, 6.45) is 14.2. The molecule has 6 N–H and O–H groups in total. The van der Waals surface area contributed by atoms with Gasteiger partial charge < -0.3 is 69.8 Å². The zero-order chi connectivity index (χ0) is 76.3. The first kappa shape index (κ1) is 79.7. The topological polar surface area (TPSA) is 275 Å². The lowest BCUT2D eigenvalue weighted by Gasteiger charge is -2.41. The second-order valence-electron chi connectivity index (χ2n) is 25.5. The molecular weight excluding hydrogens is 1510 g/mol. The zero-order valence-electron chi connectivity index (χ0n) is 59.5. The van der Waals surface area contributed by atoms with Crippen LogP contribution in [0.25, 0.3) is 66.1 Å². The Kier molecular flexibility index (Phi) is 26.8. The van der Waals surface area contributed by atoms with Crippen LogP contribution in [-0.2, 0) is 23.9 Å². The fourth-order valence-corrected chi connectivity index (χ4v) is 15.1. The summed E-state index contributed by atoms with van der Waals surface area (Å²) in [6, 6.07) is 19.1. The van der Waals surface area contributed by atoms with Crippen molar-refractivity contribution in [3.05, 3.63) is 158 Å². The molecule has 0 radical (unpaired) electrons. The Balaban J connectivity index is 0.000000170. The maximum absolute atomic E-state index is 12.0. The summed E-state index contributed by atoms with van der Waals surface area (Å²) in [5.41, 5.74) is 5.64. The average molecular weight is 1580 g/mol. The highest BCUT2D eigenvalue weighted by atomic mass is 35.5. The Morgan fingerprint density at radius 2 is 0.849 bits per heavy atom. The van der Waals surface area contributed by atoms with E-state index in [0.29, 0.717) is 147 Å². The Bertz CT molecular complexity index is 4720. The molecule has 0 bridgehead atoms. The molecule has 1 aliphatic carbocycles. The SMILES string of the molecule is C=CC(=O)N[C@H]1CC(C)(C)OC[C@H]1Nc1ncc2cc(-c3c(Cl)c(OC)cc(OC)c3Cl)ccc2n1.C=CC(=O)N[C@H]1CCCC[C@H]1Nc1ncc2cc(-c3c(Cl)c(OC)cc(OC)c3Cl)cc(Cl)c2n1.C=CC(=O)N[C@H]1C[C@H](C)OC[C@H]1Nc1ncc2cc(-c3c(Cl)c(OC)cc(OC)c3Cl)ccc2n1. The van der Waals surface area contributed by atoms with Crippen molar-refractivity contribution in [3.8, 4) is 67.9 Å². The van der Waals surface area contributed by atoms with Crippen molar-refractivity contribution >= 4 is 149 Å². The smallest absolute Gasteiger partial charge is 0.243 e. The molecule has 9 aromatic rings. The van der Waals surface area contributed by atoms with Crippen molar-refractivity contribution < 1.29 is 52.3 Å². The summed E-state index contributed by atoms with van der Waals surface area (Å²) in [5.74, 6) is 3.35. The second kappa shape index (κ2) is 35.7. The molecule has 7 atom stereocenters. The summed E-state index contributed by atoms with van der Waals surface area (Å²) in [6.45, 7) is 17.4. The van der Waals surface area contributed by atoms with E-state index >= 15 is 0 Å². The van der Waals surface area contributed by atoms with Gasteiger partial charge in [-0.1, -0.05) is 126 Å². The molecule has 2 saturated heterocycles. The van der Waals surface area contributed by atoms with Crippen LogP contribution in [0.15, 0.2) is 123 Å². The van der Waals surface area contributed by atoms with Crippen molar-refractivity contribution in [2.24, 2.45) is 0 Å². The monoisotopic (exact) mass is 1580 g/mol. The summed E-state index contributed by atoms with van der Waals surface area (Å²) in [5, 5.41) is 23.9. The third kappa shape index (κ3) is 18.6. The lowest BCUT2D eigenvalue weighted by molar-refractivity contribution is -0.120. The number of nitrogens with zero attached hydrogens (tertiary/aromatic N) is 6. The summed E-state index contributed by atoms with van der Waals surface area (Å²) in [7, 11) is 9.18. The molecule has 3 aliphatic rings. The third-order valence-electron chi connectivity index (χ3n) is 18.1. The summed E-state index contributed by atoms with van der Waals surface area (Å²) < 4.78 is 44.0. The van der Waals surface area contributed by atoms with Gasteiger partial charge in [-0.25, -0.2) is 29.9 Å². The molecule has 0 unspecified atom stereocenters. The van der Waals surface area contributed by atoms with Gasteiger partial charge in [-0.2, -0.15) is 0 Å². The van der Waals surface area contributed by atoms with Crippen LogP contribution in [0.4, 0.5) is 17.8 Å². The molecule has 23 nitrogen and oxygen atoms in total. The van der Waals surface area contributed by atoms with Crippen molar-refractivity contribution in [1.29, 1.82) is 0 Å². The molecule has 3 amide bonds. The number of methoxy groups -OCH3 is 6. The van der Waals surface area contributed by atoms with Gasteiger partial charge in [0.25, 0.3) is 0 Å². The number of amides is 3. The minimum Gasteiger partial charge on any atom is -0.495 e. The summed E-state index contributed by atoms with van der Waals surface area (Å²) >= 11 is 46.2. The van der Waals surface area contributed by atoms with Crippen LogP contribution in [-0.4, -0.2) is 151 Å². The number of halogens is 7. The van der Waals surface area contributed by atoms with E-state index in [2.05, 4.69) is 81.5 Å². The number of carbonyl (C=O) groups excluding carboxylic acids is 3. The normalized spacial score (nSPS) is 18.8. The highest BCUT2D eigenvalue weighted by molar-refractivity contribution is 6.43. The molecule has 5 heterocycles. The fraction of sp³-hybridized carbons (Fsp3) is 0.329. The molecule has 30 heteroatoms. The molecule has 3 aromatic heterocycles. The van der Waals surface area contributed by atoms with Crippen LogP contribution in [0.5, 0.6) is 34.5 Å². The second-order valence-corrected chi connectivity index (χ2v) is 28.2. The minimum atomic E-state index is -0.358. The van der Waals surface area contributed by atoms with Crippen molar-refractivity contribution in [2.75, 3.05) is 71.8 Å². The van der Waals surface area contributed by atoms with E-state index in [4.69, 9.17) is 119 Å². The largest absolute Gasteiger partial charge is 0.495 e. The number of fused-ring (bicyclic) bond motifs is 3. The first-order valence-electron chi connectivity index (χ1n) is 33.5. The number of benzene rings is 6. The van der Waals surface area contributed by atoms with Crippen molar-refractivity contribution in [1.82, 2.24) is 45.9 Å². The predicted octanol–water partition coefficient (Wildman–Crippen LogP) is 16.5. The number of hydrogen-bond acceptors (Lipinski definition) is 20. The number of nitrogens with one attached hydrogen (secondary N) is 6. The van der Waals surface area contributed by atoms with Gasteiger partial charge in [0, 0.05) is 81.7 Å². The van der Waals surface area contributed by atoms with Gasteiger partial charge in [0.1, 0.15) is 34.5 Å². The first-order chi connectivity index (χ1) is 50.8. The Morgan fingerprint density at radius 1 is 0.472 bits per heavy atom. The standard InChI is InChI=1S/C26H28Cl2N4O4.C25H25Cl3N4O3.C25H26Cl2N4O4/c1-6-21(33)30-17-11-26(2,3)36-13-18(17)32-25-29-12-15-9-14(7-8-16(15)31-25)22-23(27)19(34-4)10-20(35-5)24(22)28;1-4-20(33)30-16-7-5-6-8-17(16)31-25-29-12-14-9-13(10-15(26)24(14)32-25)21-22(27)18(34-2)11-19(35-3)23(21)28;1-5-21(32)29-17-8-13(2)35-12-18(17)31-25-28-11-15-9-14(6-7-16(15)30-25)22-23(26)19(33-3)10-20(34-4)24(22)27/h6-10,12,17-18H,1,11,13H2,2-5H3,(H,30,33)(H,29,31,32);4,9-12,16-17H,1,5-8H2,2-3H3,(H,30,33)(H,29,31,32);5-7,9-11,13,17-18H,1,8,12H2,2-4H3,(H,29,32)(H,28,30,31)/t17-,18+;16-,17+;13-,17-,18+/m000/s1. The van der Waals surface area contributed by atoms with E-state index in [-0.39, 0.29) is 65.7 Å². The van der Waals surface area contributed by atoms with Gasteiger partial charge in [0.05, 0.1) is 143 Å². The predicted molar refractivity (Wildman–Crippen MR) is 421 cm³/mol. The maximum Gasteiger partial charge on any atom is 0.243 e. The van der Waals surface area contributed by atoms with Crippen molar-refractivity contribution in [2.45, 2.75) is 107 Å². The lowest BCUT2D eigenvalue weighted by Crippen LogP contribution is -2.56.